The van der Waals surface area contributed by atoms with Gasteiger partial charge in [0.25, 0.3) is 11.5 Å². The first-order valence-corrected chi connectivity index (χ1v) is 10.9. The second kappa shape index (κ2) is 9.62. The number of amides is 1. The maximum Gasteiger partial charge on any atom is 0.326 e. The van der Waals surface area contributed by atoms with Gasteiger partial charge in [0, 0.05) is 12.7 Å². The molecule has 1 aromatic heterocycles. The van der Waals surface area contributed by atoms with Gasteiger partial charge in [-0.3, -0.25) is 14.6 Å². The van der Waals surface area contributed by atoms with Gasteiger partial charge in [0.05, 0.1) is 6.04 Å². The first-order chi connectivity index (χ1) is 16.4. The number of nitrogens with one attached hydrogen (secondary N) is 1. The molecule has 1 aliphatic carbocycles. The maximum absolute atomic E-state index is 13.4. The molecule has 0 radical (unpaired) electrons. The van der Waals surface area contributed by atoms with E-state index in [4.69, 9.17) is 11.5 Å². The molecule has 9 heteroatoms. The molecule has 3 aromatic rings. The summed E-state index contributed by atoms with van der Waals surface area (Å²) in [6, 6.07) is 17.1. The molecule has 1 aliphatic rings. The number of benzene rings is 2. The van der Waals surface area contributed by atoms with Gasteiger partial charge in [0.1, 0.15) is 11.6 Å². The fourth-order valence-electron chi connectivity index (χ4n) is 4.31. The van der Waals surface area contributed by atoms with Crippen molar-refractivity contribution < 1.29 is 14.7 Å². The van der Waals surface area contributed by atoms with Crippen molar-refractivity contribution in [3.63, 3.8) is 0 Å². The Hall–Kier alpha value is -4.40. The third kappa shape index (κ3) is 4.40. The van der Waals surface area contributed by atoms with Gasteiger partial charge < -0.3 is 26.5 Å². The summed E-state index contributed by atoms with van der Waals surface area (Å²) in [5.41, 5.74) is 13.9. The highest BCUT2D eigenvalue weighted by Gasteiger charge is 2.31. The zero-order chi connectivity index (χ0) is 24.2. The summed E-state index contributed by atoms with van der Waals surface area (Å²) in [6.45, 7) is 0.237. The minimum absolute atomic E-state index is 0.0872. The van der Waals surface area contributed by atoms with E-state index in [0.29, 0.717) is 6.42 Å². The number of aromatic nitrogens is 1. The molecule has 0 saturated carbocycles. The minimum atomic E-state index is -1.20. The first kappa shape index (κ1) is 22.8. The summed E-state index contributed by atoms with van der Waals surface area (Å²) in [7, 11) is 0. The molecule has 6 N–H and O–H groups in total. The smallest absolute Gasteiger partial charge is 0.326 e. The van der Waals surface area contributed by atoms with Gasteiger partial charge in [-0.25, -0.2) is 4.79 Å². The van der Waals surface area contributed by atoms with Crippen molar-refractivity contribution in [2.75, 3.05) is 6.54 Å². The fourth-order valence-corrected chi connectivity index (χ4v) is 4.31. The third-order valence-corrected chi connectivity index (χ3v) is 5.85. The quantitative estimate of drug-likeness (QED) is 0.179. The number of guanidine groups is 1. The van der Waals surface area contributed by atoms with Gasteiger partial charge in [0.15, 0.2) is 5.96 Å². The monoisotopic (exact) mass is 459 g/mol. The number of aliphatic imine (C=N–C) groups is 1. The molecule has 34 heavy (non-hydrogen) atoms. The van der Waals surface area contributed by atoms with Gasteiger partial charge in [-0.05, 0) is 47.2 Å². The molecular weight excluding hydrogens is 434 g/mol. The van der Waals surface area contributed by atoms with Crippen LogP contribution in [0.2, 0.25) is 0 Å². The van der Waals surface area contributed by atoms with Crippen molar-refractivity contribution in [3.05, 3.63) is 93.9 Å². The summed E-state index contributed by atoms with van der Waals surface area (Å²) in [4.78, 5) is 41.8. The zero-order valence-corrected chi connectivity index (χ0v) is 18.3. The Labute approximate surface area is 195 Å². The summed E-state index contributed by atoms with van der Waals surface area (Å²) < 4.78 is 1.52. The van der Waals surface area contributed by atoms with E-state index in [2.05, 4.69) is 10.3 Å². The van der Waals surface area contributed by atoms with Crippen molar-refractivity contribution in [2.45, 2.75) is 24.9 Å². The van der Waals surface area contributed by atoms with Crippen LogP contribution in [-0.2, 0) is 4.79 Å². The van der Waals surface area contributed by atoms with Crippen LogP contribution in [0.15, 0.2) is 76.6 Å². The number of carboxylic acid groups (broad SMARTS) is 1. The van der Waals surface area contributed by atoms with Crippen molar-refractivity contribution in [3.8, 4) is 11.1 Å². The Morgan fingerprint density at radius 3 is 2.21 bits per heavy atom. The highest BCUT2D eigenvalue weighted by molar-refractivity contribution is 5.96. The number of carbonyl (C=O) groups excluding carboxylic acids is 1. The lowest BCUT2D eigenvalue weighted by Crippen LogP contribution is -2.43. The molecule has 174 valence electrons. The molecule has 0 fully saturated rings. The van der Waals surface area contributed by atoms with Crippen LogP contribution in [0.25, 0.3) is 11.1 Å². The number of hydrogen-bond acceptors (Lipinski definition) is 4. The van der Waals surface area contributed by atoms with Crippen LogP contribution in [0.1, 0.15) is 40.4 Å². The Balaban J connectivity index is 1.63. The molecule has 2 aromatic carbocycles. The van der Waals surface area contributed by atoms with Crippen LogP contribution >= 0.6 is 0 Å². The molecule has 1 heterocycles. The van der Waals surface area contributed by atoms with E-state index in [0.717, 1.165) is 22.3 Å². The van der Waals surface area contributed by atoms with Crippen molar-refractivity contribution >= 4 is 17.8 Å². The summed E-state index contributed by atoms with van der Waals surface area (Å²) >= 11 is 0. The topological polar surface area (TPSA) is 153 Å². The van der Waals surface area contributed by atoms with E-state index >= 15 is 0 Å². The third-order valence-electron chi connectivity index (χ3n) is 5.85. The molecule has 0 bridgehead atoms. The van der Waals surface area contributed by atoms with Gasteiger partial charge in [-0.2, -0.15) is 0 Å². The highest BCUT2D eigenvalue weighted by atomic mass is 16.4. The van der Waals surface area contributed by atoms with E-state index in [9.17, 15) is 19.5 Å². The summed E-state index contributed by atoms with van der Waals surface area (Å²) in [5, 5.41) is 12.0. The average Bonchev–Trinajstić information content (AvgIpc) is 3.15. The number of nitrogens with two attached hydrogens (primary N) is 2. The van der Waals surface area contributed by atoms with Crippen LogP contribution in [0.4, 0.5) is 0 Å². The molecule has 4 rings (SSSR count). The number of fused-ring (bicyclic) bond motifs is 3. The Morgan fingerprint density at radius 1 is 1.00 bits per heavy atom. The van der Waals surface area contributed by atoms with Crippen LogP contribution in [0.5, 0.6) is 0 Å². The predicted molar refractivity (Wildman–Crippen MR) is 129 cm³/mol. The highest BCUT2D eigenvalue weighted by Crippen LogP contribution is 2.44. The lowest BCUT2D eigenvalue weighted by atomic mass is 10.0. The molecule has 1 atom stereocenters. The van der Waals surface area contributed by atoms with Gasteiger partial charge in [-0.1, -0.05) is 48.5 Å². The van der Waals surface area contributed by atoms with E-state index in [1.165, 1.54) is 10.6 Å². The van der Waals surface area contributed by atoms with E-state index in [1.54, 1.807) is 12.3 Å². The summed E-state index contributed by atoms with van der Waals surface area (Å²) in [5.74, 6) is -2.03. The molecular formula is C25H25N5O4. The van der Waals surface area contributed by atoms with Gasteiger partial charge in [-0.15, -0.1) is 0 Å². The molecule has 0 aliphatic heterocycles. The van der Waals surface area contributed by atoms with Gasteiger partial charge >= 0.3 is 5.97 Å². The first-order valence-electron chi connectivity index (χ1n) is 10.9. The van der Waals surface area contributed by atoms with Crippen LogP contribution in [0.3, 0.4) is 0 Å². The summed E-state index contributed by atoms with van der Waals surface area (Å²) in [6.07, 6.45) is 2.11. The normalized spacial score (nSPS) is 12.9. The molecule has 9 nitrogen and oxygen atoms in total. The van der Waals surface area contributed by atoms with Crippen molar-refractivity contribution in [1.29, 1.82) is 0 Å². The zero-order valence-electron chi connectivity index (χ0n) is 18.3. The van der Waals surface area contributed by atoms with Crippen LogP contribution in [-0.4, -0.2) is 40.1 Å². The number of pyridine rings is 1. The van der Waals surface area contributed by atoms with Crippen LogP contribution in [0, 0.1) is 0 Å². The fraction of sp³-hybridized carbons (Fsp3) is 0.200. The average molecular weight is 460 g/mol. The lowest BCUT2D eigenvalue weighted by molar-refractivity contribution is -0.139. The van der Waals surface area contributed by atoms with Gasteiger partial charge in [0.2, 0.25) is 0 Å². The number of carboxylic acids is 1. The number of rotatable bonds is 8. The maximum atomic E-state index is 13.4. The number of nitrogens with zero attached hydrogens (tertiary/aromatic N) is 2. The Bertz CT molecular complexity index is 1280. The standard InChI is InChI=1S/C25H25N5O4/c26-25(27)28-13-5-12-20(24(33)34)29-22(31)19-11-6-14-30(23(19)32)21-17-9-3-1-7-15(17)16-8-2-4-10-18(16)21/h1-4,6-11,14,20-21H,5,12-13H2,(H,29,31)(H,33,34)(H4,26,27,28). The van der Waals surface area contributed by atoms with Crippen LogP contribution < -0.4 is 22.3 Å². The van der Waals surface area contributed by atoms with E-state index in [1.807, 2.05) is 48.5 Å². The Morgan fingerprint density at radius 2 is 1.62 bits per heavy atom. The largest absolute Gasteiger partial charge is 0.480 e. The number of hydrogen-bond donors (Lipinski definition) is 4. The number of aliphatic carboxylic acids is 1. The van der Waals surface area contributed by atoms with Crippen molar-refractivity contribution in [1.82, 2.24) is 9.88 Å². The second-order valence-electron chi connectivity index (χ2n) is 8.02. The van der Waals surface area contributed by atoms with E-state index < -0.39 is 23.5 Å². The predicted octanol–water partition coefficient (Wildman–Crippen LogP) is 1.70. The molecule has 0 spiro atoms. The van der Waals surface area contributed by atoms with Crippen molar-refractivity contribution in [2.24, 2.45) is 16.5 Å². The minimum Gasteiger partial charge on any atom is -0.480 e. The SMILES string of the molecule is NC(N)=NCCCC(NC(=O)c1cccn(C2c3ccccc3-c3ccccc32)c1=O)C(=O)O. The van der Waals surface area contributed by atoms with E-state index in [-0.39, 0.29) is 30.5 Å². The molecule has 1 amide bonds. The Kier molecular flexibility index (Phi) is 6.44. The molecule has 0 saturated heterocycles. The molecule has 1 unspecified atom stereocenters. The second-order valence-corrected chi connectivity index (χ2v) is 8.02. The lowest BCUT2D eigenvalue weighted by Gasteiger charge is -2.19. The number of carbonyl (C=O) groups is 2.